The molecule has 3 aromatic carbocycles. The number of nitriles is 1. The van der Waals surface area contributed by atoms with Gasteiger partial charge in [0.1, 0.15) is 0 Å². The highest BCUT2D eigenvalue weighted by Gasteiger charge is 2.19. The molecule has 0 radical (unpaired) electrons. The number of benzene rings is 3. The summed E-state index contributed by atoms with van der Waals surface area (Å²) in [5.41, 5.74) is 1.10. The molecule has 0 spiro atoms. The van der Waals surface area contributed by atoms with Crippen LogP contribution < -0.4 is 42.4 Å². The predicted molar refractivity (Wildman–Crippen MR) is 83.4 cm³/mol. The molecule has 0 N–H and O–H groups in total. The second kappa shape index (κ2) is 8.46. The van der Waals surface area contributed by atoms with E-state index in [4.69, 9.17) is 5.26 Å². The monoisotopic (exact) mass is 523 g/mol. The van der Waals surface area contributed by atoms with Crippen molar-refractivity contribution in [2.45, 2.75) is 6.42 Å². The van der Waals surface area contributed by atoms with Gasteiger partial charge in [-0.2, -0.15) is 5.26 Å². The molecule has 0 saturated carbocycles. The molecule has 0 aliphatic heterocycles. The largest absolute Gasteiger partial charge is 0.357 e. The topological polar surface area (TPSA) is 23.8 Å². The Balaban J connectivity index is 1.64. The Morgan fingerprint density at radius 2 is 1.04 bits per heavy atom. The van der Waals surface area contributed by atoms with Crippen molar-refractivity contribution in [3.63, 3.8) is 0 Å². The van der Waals surface area contributed by atoms with Gasteiger partial charge < -0.3 is 0 Å². The minimum absolute atomic E-state index is 0.0719. The van der Waals surface area contributed by atoms with Crippen LogP contribution in [-0.2, 0) is 6.42 Å². The zero-order valence-electron chi connectivity index (χ0n) is 12.4. The van der Waals surface area contributed by atoms with Gasteiger partial charge in [-0.05, 0) is 54.1 Å². The van der Waals surface area contributed by atoms with E-state index in [0.717, 1.165) is 5.56 Å². The lowest BCUT2D eigenvalue weighted by atomic mass is 10.2. The van der Waals surface area contributed by atoms with Crippen LogP contribution in [0.1, 0.15) is 5.56 Å². The average molecular weight is 523 g/mol. The van der Waals surface area contributed by atoms with Gasteiger partial charge in [0, 0.05) is 0 Å². The lowest BCUT2D eigenvalue weighted by Crippen LogP contribution is -3.62. The molecule has 0 aromatic heterocycles. The van der Waals surface area contributed by atoms with E-state index in [9.17, 15) is 0 Å². The summed E-state index contributed by atoms with van der Waals surface area (Å²) in [4.78, 5) is 0. The van der Waals surface area contributed by atoms with E-state index >= 15 is 0 Å². The van der Waals surface area contributed by atoms with Gasteiger partial charge in [-0.25, -0.2) is 0 Å². The first kappa shape index (κ1) is 16.5. The van der Waals surface area contributed by atoms with Crippen molar-refractivity contribution < 1.29 is 42.4 Å². The van der Waals surface area contributed by atoms with Gasteiger partial charge >= 0.3 is 42.4 Å². The fourth-order valence-electron chi connectivity index (χ4n) is 2.04. The number of hydrogen-bond donors (Lipinski definition) is 0. The highest BCUT2D eigenvalue weighted by molar-refractivity contribution is 5.17. The van der Waals surface area contributed by atoms with E-state index in [1.807, 2.05) is 0 Å². The third-order valence-electron chi connectivity index (χ3n) is 3.17. The van der Waals surface area contributed by atoms with E-state index in [-0.39, 0.29) is 42.4 Å². The molecule has 0 atom stereocenters. The summed E-state index contributed by atoms with van der Waals surface area (Å²) in [5.74, 6) is 0. The Hall–Kier alpha value is -1.39. The summed E-state index contributed by atoms with van der Waals surface area (Å²) in [6.45, 7) is 0. The Labute approximate surface area is 157 Å². The van der Waals surface area contributed by atoms with E-state index in [0.29, 0.717) is 6.42 Å². The molecular weight excluding hydrogens is 508 g/mol. The average Bonchev–Trinajstić information content (AvgIpc) is 2.60. The minimum atomic E-state index is -0.138. The first-order valence-electron chi connectivity index (χ1n) is 7.24. The molecular formula is C20H15I2N+2. The fraction of sp³-hybridized carbons (Fsp3) is 0.0500. The molecule has 3 rings (SSSR count). The van der Waals surface area contributed by atoms with Gasteiger partial charge in [0.2, 0.25) is 0 Å². The summed E-state index contributed by atoms with van der Waals surface area (Å²) in [5, 5.41) is 8.72. The van der Waals surface area contributed by atoms with Gasteiger partial charge in [0.05, 0.1) is 12.5 Å². The van der Waals surface area contributed by atoms with Crippen molar-refractivity contribution in [3.8, 4) is 6.07 Å². The van der Waals surface area contributed by atoms with Crippen LogP contribution in [0.25, 0.3) is 0 Å². The van der Waals surface area contributed by atoms with Crippen LogP contribution in [0, 0.1) is 25.6 Å². The summed E-state index contributed by atoms with van der Waals surface area (Å²) < 4.78 is 5.77. The van der Waals surface area contributed by atoms with Crippen LogP contribution >= 0.6 is 0 Å². The summed E-state index contributed by atoms with van der Waals surface area (Å²) in [6, 6.07) is 30.6. The maximum Gasteiger partial charge on any atom is 0.357 e. The van der Waals surface area contributed by atoms with Crippen molar-refractivity contribution in [2.75, 3.05) is 0 Å². The zero-order valence-corrected chi connectivity index (χ0v) is 16.7. The van der Waals surface area contributed by atoms with Gasteiger partial charge in [-0.1, -0.05) is 30.3 Å². The standard InChI is InChI=1S/C20H15I2N/c23-15-14-16-6-8-18(9-7-16)22-20-12-10-19(11-13-20)21-17-4-2-1-3-5-17/h1-13H,14H2/q+2. The number of hydrogen-bond acceptors (Lipinski definition) is 1. The Morgan fingerprint density at radius 3 is 1.52 bits per heavy atom. The summed E-state index contributed by atoms with van der Waals surface area (Å²) >= 11 is -0.210. The summed E-state index contributed by atoms with van der Waals surface area (Å²) in [6.07, 6.45) is 0.496. The van der Waals surface area contributed by atoms with Gasteiger partial charge in [-0.15, -0.1) is 0 Å². The van der Waals surface area contributed by atoms with Crippen LogP contribution in [-0.4, -0.2) is 0 Å². The molecule has 0 aliphatic rings. The normalized spacial score (nSPS) is 10.2. The van der Waals surface area contributed by atoms with Gasteiger partial charge in [0.25, 0.3) is 0 Å². The van der Waals surface area contributed by atoms with E-state index in [1.54, 1.807) is 0 Å². The molecule has 0 bridgehead atoms. The maximum atomic E-state index is 8.72. The van der Waals surface area contributed by atoms with Crippen molar-refractivity contribution in [2.24, 2.45) is 0 Å². The molecule has 0 fully saturated rings. The smallest absolute Gasteiger partial charge is 0.198 e. The van der Waals surface area contributed by atoms with E-state index < -0.39 is 0 Å². The first-order valence-corrected chi connectivity index (χ1v) is 11.6. The Morgan fingerprint density at radius 1 is 0.609 bits per heavy atom. The lowest BCUT2D eigenvalue weighted by molar-refractivity contribution is -0.603. The number of nitrogens with zero attached hydrogens (tertiary/aromatic N) is 1. The molecule has 3 aromatic rings. The minimum Gasteiger partial charge on any atom is -0.198 e. The third-order valence-corrected chi connectivity index (χ3v) is 8.54. The maximum absolute atomic E-state index is 8.72. The first-order chi connectivity index (χ1) is 11.3. The molecule has 0 aliphatic carbocycles. The molecule has 3 heteroatoms. The van der Waals surface area contributed by atoms with Crippen LogP contribution in [0.3, 0.4) is 0 Å². The molecule has 112 valence electrons. The van der Waals surface area contributed by atoms with Crippen molar-refractivity contribution in [1.29, 1.82) is 5.26 Å². The van der Waals surface area contributed by atoms with Crippen LogP contribution in [0.15, 0.2) is 78.9 Å². The molecule has 0 saturated heterocycles. The van der Waals surface area contributed by atoms with Crippen molar-refractivity contribution >= 4 is 0 Å². The quantitative estimate of drug-likeness (QED) is 0.356. The second-order valence-corrected chi connectivity index (χ2v) is 10.9. The third kappa shape index (κ3) is 5.05. The molecule has 1 nitrogen and oxygen atoms in total. The van der Waals surface area contributed by atoms with Crippen LogP contribution in [0.2, 0.25) is 0 Å². The molecule has 0 amide bonds. The Kier molecular flexibility index (Phi) is 6.06. The highest BCUT2D eigenvalue weighted by Crippen LogP contribution is 1.98. The summed E-state index contributed by atoms with van der Waals surface area (Å²) in [7, 11) is 0. The Bertz CT molecular complexity index is 788. The van der Waals surface area contributed by atoms with Gasteiger partial charge in [0.15, 0.2) is 14.3 Å². The molecule has 0 heterocycles. The van der Waals surface area contributed by atoms with Crippen LogP contribution in [0.5, 0.6) is 0 Å². The highest BCUT2D eigenvalue weighted by atomic mass is 127. The predicted octanol–water partition coefficient (Wildman–Crippen LogP) is -1.99. The number of rotatable bonds is 5. The molecule has 0 unspecified atom stereocenters. The lowest BCUT2D eigenvalue weighted by Gasteiger charge is -1.92. The van der Waals surface area contributed by atoms with Crippen molar-refractivity contribution in [3.05, 3.63) is 98.7 Å². The SMILES string of the molecule is N#CCc1ccc([I+]c2ccc([I+]c3ccccc3)cc2)cc1. The molecule has 23 heavy (non-hydrogen) atoms. The fourth-order valence-corrected chi connectivity index (χ4v) is 6.41. The second-order valence-electron chi connectivity index (χ2n) is 4.88. The van der Waals surface area contributed by atoms with Gasteiger partial charge in [-0.3, -0.25) is 0 Å². The zero-order chi connectivity index (χ0) is 15.9. The van der Waals surface area contributed by atoms with E-state index in [1.165, 1.54) is 14.3 Å². The number of halogens is 2. The van der Waals surface area contributed by atoms with E-state index in [2.05, 4.69) is 84.9 Å². The van der Waals surface area contributed by atoms with Crippen molar-refractivity contribution in [1.82, 2.24) is 0 Å². The van der Waals surface area contributed by atoms with Crippen LogP contribution in [0.4, 0.5) is 0 Å².